The Hall–Kier alpha value is -2.91. The number of anilines is 2. The number of sulfonamides is 1. The molecule has 7 nitrogen and oxygen atoms in total. The van der Waals surface area contributed by atoms with Crippen molar-refractivity contribution in [3.05, 3.63) is 71.6 Å². The maximum absolute atomic E-state index is 13.2. The first-order chi connectivity index (χ1) is 14.8. The maximum atomic E-state index is 13.2. The molecular weight excluding hydrogens is 417 g/mol. The zero-order valence-corrected chi connectivity index (χ0v) is 18.2. The molecule has 0 spiro atoms. The molecule has 1 unspecified atom stereocenters. The van der Waals surface area contributed by atoms with Gasteiger partial charge in [-0.1, -0.05) is 0 Å². The first kappa shape index (κ1) is 21.3. The molecule has 9 heteroatoms. The summed E-state index contributed by atoms with van der Waals surface area (Å²) in [4.78, 5) is 13.4. The quantitative estimate of drug-likeness (QED) is 0.645. The SMILES string of the molecule is Cc1cc(C)nc(Nc2ccc(C3CCCN(S(=O)(=O)c4ccc(F)cc4)C3)nc2)n1. The number of nitrogens with zero attached hydrogens (tertiary/aromatic N) is 4. The van der Waals surface area contributed by atoms with Crippen molar-refractivity contribution >= 4 is 21.7 Å². The van der Waals surface area contributed by atoms with Crippen molar-refractivity contribution in [2.24, 2.45) is 0 Å². The van der Waals surface area contributed by atoms with E-state index in [0.29, 0.717) is 19.0 Å². The second-order valence-electron chi connectivity index (χ2n) is 7.73. The Bertz CT molecular complexity index is 1150. The van der Waals surface area contributed by atoms with Crippen molar-refractivity contribution in [1.29, 1.82) is 0 Å². The van der Waals surface area contributed by atoms with E-state index in [1.165, 1.54) is 28.6 Å². The van der Waals surface area contributed by atoms with Crippen LogP contribution in [0.15, 0.2) is 53.6 Å². The van der Waals surface area contributed by atoms with Gasteiger partial charge in [0.15, 0.2) is 0 Å². The topological polar surface area (TPSA) is 88.1 Å². The van der Waals surface area contributed by atoms with E-state index in [-0.39, 0.29) is 10.8 Å². The van der Waals surface area contributed by atoms with Gasteiger partial charge in [0.25, 0.3) is 0 Å². The lowest BCUT2D eigenvalue weighted by Crippen LogP contribution is -2.39. The van der Waals surface area contributed by atoms with Gasteiger partial charge in [-0.25, -0.2) is 22.8 Å². The number of aromatic nitrogens is 3. The largest absolute Gasteiger partial charge is 0.323 e. The van der Waals surface area contributed by atoms with E-state index in [1.54, 1.807) is 6.20 Å². The highest BCUT2D eigenvalue weighted by Gasteiger charge is 2.31. The molecule has 1 atom stereocenters. The number of pyridine rings is 1. The van der Waals surface area contributed by atoms with E-state index < -0.39 is 15.8 Å². The van der Waals surface area contributed by atoms with Crippen LogP contribution >= 0.6 is 0 Å². The lowest BCUT2D eigenvalue weighted by atomic mass is 9.95. The Kier molecular flexibility index (Phi) is 5.97. The van der Waals surface area contributed by atoms with Gasteiger partial charge in [-0.15, -0.1) is 0 Å². The molecule has 0 bridgehead atoms. The minimum atomic E-state index is -3.67. The van der Waals surface area contributed by atoms with Gasteiger partial charge in [-0.05, 0) is 69.2 Å². The smallest absolute Gasteiger partial charge is 0.243 e. The molecule has 162 valence electrons. The fourth-order valence-electron chi connectivity index (χ4n) is 3.79. The Morgan fingerprint density at radius 1 is 1.06 bits per heavy atom. The molecule has 3 heterocycles. The highest BCUT2D eigenvalue weighted by molar-refractivity contribution is 7.89. The molecule has 0 aliphatic carbocycles. The van der Waals surface area contributed by atoms with Gasteiger partial charge in [0.2, 0.25) is 16.0 Å². The van der Waals surface area contributed by atoms with Gasteiger partial charge in [-0.3, -0.25) is 4.98 Å². The van der Waals surface area contributed by atoms with Gasteiger partial charge in [0.05, 0.1) is 16.8 Å². The van der Waals surface area contributed by atoms with Crippen LogP contribution in [0, 0.1) is 19.7 Å². The minimum Gasteiger partial charge on any atom is -0.323 e. The van der Waals surface area contributed by atoms with Crippen LogP contribution in [0.2, 0.25) is 0 Å². The predicted octanol–water partition coefficient (Wildman–Crippen LogP) is 3.94. The number of benzene rings is 1. The summed E-state index contributed by atoms with van der Waals surface area (Å²) in [6.45, 7) is 4.62. The van der Waals surface area contributed by atoms with Crippen molar-refractivity contribution in [3.63, 3.8) is 0 Å². The van der Waals surface area contributed by atoms with Gasteiger partial charge in [0.1, 0.15) is 5.82 Å². The molecule has 1 aromatic carbocycles. The molecule has 1 fully saturated rings. The molecule has 0 saturated carbocycles. The Morgan fingerprint density at radius 3 is 2.42 bits per heavy atom. The zero-order chi connectivity index (χ0) is 22.0. The molecule has 0 radical (unpaired) electrons. The Balaban J connectivity index is 1.47. The van der Waals surface area contributed by atoms with E-state index in [9.17, 15) is 12.8 Å². The van der Waals surface area contributed by atoms with Gasteiger partial charge < -0.3 is 5.32 Å². The van der Waals surface area contributed by atoms with E-state index in [4.69, 9.17) is 0 Å². The predicted molar refractivity (Wildman–Crippen MR) is 116 cm³/mol. The summed E-state index contributed by atoms with van der Waals surface area (Å²) < 4.78 is 40.5. The van der Waals surface area contributed by atoms with E-state index >= 15 is 0 Å². The molecule has 2 aromatic heterocycles. The molecule has 1 aliphatic heterocycles. The third-order valence-electron chi connectivity index (χ3n) is 5.28. The molecular formula is C22H24FN5O2S. The van der Waals surface area contributed by atoms with Crippen LogP contribution in [-0.2, 0) is 10.0 Å². The first-order valence-electron chi connectivity index (χ1n) is 10.1. The summed E-state index contributed by atoms with van der Waals surface area (Å²) in [5.41, 5.74) is 3.36. The van der Waals surface area contributed by atoms with Crippen LogP contribution in [0.4, 0.5) is 16.0 Å². The van der Waals surface area contributed by atoms with Crippen molar-refractivity contribution in [2.45, 2.75) is 37.5 Å². The first-order valence-corrected chi connectivity index (χ1v) is 11.6. The molecule has 0 amide bonds. The van der Waals surface area contributed by atoms with Gasteiger partial charge in [-0.2, -0.15) is 4.31 Å². The lowest BCUT2D eigenvalue weighted by Gasteiger charge is -2.31. The van der Waals surface area contributed by atoms with Crippen molar-refractivity contribution in [1.82, 2.24) is 19.3 Å². The fourth-order valence-corrected chi connectivity index (χ4v) is 5.31. The molecule has 4 rings (SSSR count). The number of nitrogens with one attached hydrogen (secondary N) is 1. The molecule has 1 saturated heterocycles. The van der Waals surface area contributed by atoms with Crippen LogP contribution in [0.5, 0.6) is 0 Å². The lowest BCUT2D eigenvalue weighted by molar-refractivity contribution is 0.312. The molecule has 1 aliphatic rings. The van der Waals surface area contributed by atoms with Crippen molar-refractivity contribution in [2.75, 3.05) is 18.4 Å². The normalized spacial score (nSPS) is 17.5. The Labute approximate surface area is 181 Å². The second kappa shape index (κ2) is 8.68. The van der Waals surface area contributed by atoms with E-state index in [0.717, 1.165) is 35.6 Å². The number of hydrogen-bond acceptors (Lipinski definition) is 6. The van der Waals surface area contributed by atoms with Crippen molar-refractivity contribution < 1.29 is 12.8 Å². The summed E-state index contributed by atoms with van der Waals surface area (Å²) in [6, 6.07) is 10.7. The summed E-state index contributed by atoms with van der Waals surface area (Å²) in [5.74, 6) is 0.0522. The summed E-state index contributed by atoms with van der Waals surface area (Å²) in [5, 5.41) is 3.15. The molecule has 31 heavy (non-hydrogen) atoms. The standard InChI is InChI=1S/C22H24FN5O2S/c1-15-12-16(2)26-22(25-15)27-19-7-10-21(24-13-19)17-4-3-11-28(14-17)31(29,30)20-8-5-18(23)6-9-20/h5-10,12-13,17H,3-4,11,14H2,1-2H3,(H,25,26,27). The average molecular weight is 442 g/mol. The molecule has 3 aromatic rings. The number of aryl methyl sites for hydroxylation is 2. The average Bonchev–Trinajstić information content (AvgIpc) is 2.74. The van der Waals surface area contributed by atoms with Crippen LogP contribution in [-0.4, -0.2) is 40.8 Å². The highest BCUT2D eigenvalue weighted by Crippen LogP contribution is 2.30. The third-order valence-corrected chi connectivity index (χ3v) is 7.16. The highest BCUT2D eigenvalue weighted by atomic mass is 32.2. The third kappa shape index (κ3) is 4.88. The summed E-state index contributed by atoms with van der Waals surface area (Å²) in [6.07, 6.45) is 3.31. The fraction of sp³-hybridized carbons (Fsp3) is 0.318. The number of piperidine rings is 1. The van der Waals surface area contributed by atoms with Crippen LogP contribution < -0.4 is 5.32 Å². The monoisotopic (exact) mass is 441 g/mol. The minimum absolute atomic E-state index is 0.00418. The number of halogens is 1. The van der Waals surface area contributed by atoms with Crippen molar-refractivity contribution in [3.8, 4) is 0 Å². The maximum Gasteiger partial charge on any atom is 0.243 e. The van der Waals surface area contributed by atoms with Crippen LogP contribution in [0.25, 0.3) is 0 Å². The van der Waals surface area contributed by atoms with E-state index in [2.05, 4.69) is 20.3 Å². The zero-order valence-electron chi connectivity index (χ0n) is 17.4. The number of rotatable bonds is 5. The van der Waals surface area contributed by atoms with Crippen LogP contribution in [0.1, 0.15) is 35.8 Å². The molecule has 1 N–H and O–H groups in total. The summed E-state index contributed by atoms with van der Waals surface area (Å²) >= 11 is 0. The summed E-state index contributed by atoms with van der Waals surface area (Å²) in [7, 11) is -3.67. The number of hydrogen-bond donors (Lipinski definition) is 1. The Morgan fingerprint density at radius 2 is 1.77 bits per heavy atom. The second-order valence-corrected chi connectivity index (χ2v) is 9.67. The van der Waals surface area contributed by atoms with Gasteiger partial charge in [0, 0.05) is 36.1 Å². The van der Waals surface area contributed by atoms with Crippen LogP contribution in [0.3, 0.4) is 0 Å². The van der Waals surface area contributed by atoms with Gasteiger partial charge >= 0.3 is 0 Å². The van der Waals surface area contributed by atoms with E-state index in [1.807, 2.05) is 32.0 Å².